The van der Waals surface area contributed by atoms with Crippen LogP contribution in [0.1, 0.15) is 26.3 Å². The number of nitro groups is 1. The van der Waals surface area contributed by atoms with Crippen molar-refractivity contribution in [2.45, 2.75) is 45.1 Å². The molecule has 122 valence electrons. The van der Waals surface area contributed by atoms with Crippen LogP contribution in [0.5, 0.6) is 0 Å². The maximum atomic E-state index is 11.0. The molecule has 0 saturated heterocycles. The SMILES string of the molecule is CC(C)(C)N[C@@H](O)[C@H](Cc1ccc([N+](=O)[O-])cc1)OC(N)=O. The molecular weight excluding hydrogens is 290 g/mol. The number of primary amides is 1. The third-order valence-electron chi connectivity index (χ3n) is 2.78. The summed E-state index contributed by atoms with van der Waals surface area (Å²) in [5.41, 5.74) is 5.26. The minimum atomic E-state index is -1.12. The minimum absolute atomic E-state index is 0.0375. The van der Waals surface area contributed by atoms with Gasteiger partial charge in [0.1, 0.15) is 12.3 Å². The van der Waals surface area contributed by atoms with Crippen LogP contribution in [0, 0.1) is 10.1 Å². The molecule has 1 aromatic carbocycles. The van der Waals surface area contributed by atoms with E-state index in [4.69, 9.17) is 10.5 Å². The summed E-state index contributed by atoms with van der Waals surface area (Å²) in [5, 5.41) is 23.6. The van der Waals surface area contributed by atoms with E-state index >= 15 is 0 Å². The molecule has 1 rings (SSSR count). The van der Waals surface area contributed by atoms with Crippen molar-refractivity contribution < 1.29 is 19.6 Å². The maximum Gasteiger partial charge on any atom is 0.404 e. The number of benzene rings is 1. The first kappa shape index (κ1) is 17.9. The van der Waals surface area contributed by atoms with Crippen molar-refractivity contribution in [2.24, 2.45) is 5.73 Å². The summed E-state index contributed by atoms with van der Waals surface area (Å²) in [6, 6.07) is 5.78. The normalized spacial score (nSPS) is 14.2. The van der Waals surface area contributed by atoms with Crippen LogP contribution in [0.15, 0.2) is 24.3 Å². The Morgan fingerprint density at radius 2 is 1.95 bits per heavy atom. The first-order chi connectivity index (χ1) is 10.1. The second-order valence-corrected chi connectivity index (χ2v) is 5.94. The summed E-state index contributed by atoms with van der Waals surface area (Å²) >= 11 is 0. The van der Waals surface area contributed by atoms with Gasteiger partial charge >= 0.3 is 6.09 Å². The second kappa shape index (κ2) is 7.19. The first-order valence-corrected chi connectivity index (χ1v) is 6.73. The predicted octanol–water partition coefficient (Wildman–Crippen LogP) is 1.31. The summed E-state index contributed by atoms with van der Waals surface area (Å²) in [5.74, 6) is 0. The topological polar surface area (TPSA) is 128 Å². The summed E-state index contributed by atoms with van der Waals surface area (Å²) in [6.07, 6.45) is -2.85. The van der Waals surface area contributed by atoms with Crippen molar-refractivity contribution >= 4 is 11.8 Å². The van der Waals surface area contributed by atoms with Crippen molar-refractivity contribution in [1.29, 1.82) is 0 Å². The Labute approximate surface area is 128 Å². The van der Waals surface area contributed by atoms with E-state index in [-0.39, 0.29) is 12.1 Å². The number of hydrogen-bond donors (Lipinski definition) is 3. The van der Waals surface area contributed by atoms with Crippen molar-refractivity contribution in [1.82, 2.24) is 5.32 Å². The molecule has 0 fully saturated rings. The molecule has 0 aliphatic rings. The highest BCUT2D eigenvalue weighted by atomic mass is 16.6. The molecule has 4 N–H and O–H groups in total. The highest BCUT2D eigenvalue weighted by Gasteiger charge is 2.26. The fourth-order valence-corrected chi connectivity index (χ4v) is 1.89. The molecular formula is C14H21N3O5. The molecule has 0 unspecified atom stereocenters. The maximum absolute atomic E-state index is 11.0. The van der Waals surface area contributed by atoms with Crippen LogP contribution in [-0.4, -0.2) is 34.0 Å². The van der Waals surface area contributed by atoms with Gasteiger partial charge < -0.3 is 15.6 Å². The first-order valence-electron chi connectivity index (χ1n) is 6.73. The highest BCUT2D eigenvalue weighted by Crippen LogP contribution is 2.16. The fraction of sp³-hybridized carbons (Fsp3) is 0.500. The number of nitrogens with one attached hydrogen (secondary N) is 1. The zero-order valence-electron chi connectivity index (χ0n) is 12.8. The zero-order chi connectivity index (χ0) is 16.9. The molecule has 2 atom stereocenters. The monoisotopic (exact) mass is 311 g/mol. The third-order valence-corrected chi connectivity index (χ3v) is 2.78. The van der Waals surface area contributed by atoms with Gasteiger partial charge in [-0.15, -0.1) is 0 Å². The number of non-ortho nitro benzene ring substituents is 1. The van der Waals surface area contributed by atoms with Gasteiger partial charge in [-0.25, -0.2) is 4.79 Å². The van der Waals surface area contributed by atoms with Crippen molar-refractivity contribution in [3.63, 3.8) is 0 Å². The average molecular weight is 311 g/mol. The molecule has 0 spiro atoms. The third kappa shape index (κ3) is 6.06. The summed E-state index contributed by atoms with van der Waals surface area (Å²) in [4.78, 5) is 21.1. The number of hydrogen-bond acceptors (Lipinski definition) is 6. The number of rotatable bonds is 6. The standard InChI is InChI=1S/C14H21N3O5/c1-14(2,3)16-12(18)11(22-13(15)19)8-9-4-6-10(7-5-9)17(20)21/h4-7,11-12,16,18H,8H2,1-3H3,(H2,15,19)/t11-,12-/m0/s1. The number of carbonyl (C=O) groups is 1. The van der Waals surface area contributed by atoms with Gasteiger partial charge in [0, 0.05) is 24.1 Å². The molecule has 8 nitrogen and oxygen atoms in total. The number of nitrogens with two attached hydrogens (primary N) is 1. The van der Waals surface area contributed by atoms with Gasteiger partial charge in [0.15, 0.2) is 0 Å². The van der Waals surface area contributed by atoms with Gasteiger partial charge in [-0.05, 0) is 26.3 Å². The van der Waals surface area contributed by atoms with Gasteiger partial charge in [0.25, 0.3) is 5.69 Å². The van der Waals surface area contributed by atoms with E-state index in [1.54, 1.807) is 12.1 Å². The van der Waals surface area contributed by atoms with Crippen molar-refractivity contribution in [3.8, 4) is 0 Å². The van der Waals surface area contributed by atoms with E-state index in [1.807, 2.05) is 20.8 Å². The lowest BCUT2D eigenvalue weighted by molar-refractivity contribution is -0.384. The van der Waals surface area contributed by atoms with Gasteiger partial charge in [-0.1, -0.05) is 12.1 Å². The lowest BCUT2D eigenvalue weighted by Gasteiger charge is -2.30. The number of amides is 1. The Morgan fingerprint density at radius 1 is 1.41 bits per heavy atom. The van der Waals surface area contributed by atoms with E-state index in [2.05, 4.69) is 5.32 Å². The Balaban J connectivity index is 2.84. The van der Waals surface area contributed by atoms with E-state index in [0.29, 0.717) is 5.56 Å². The molecule has 8 heteroatoms. The molecule has 0 radical (unpaired) electrons. The molecule has 1 aromatic rings. The Kier molecular flexibility index (Phi) is 5.84. The number of nitrogens with zero attached hydrogens (tertiary/aromatic N) is 1. The number of aliphatic hydroxyl groups is 1. The van der Waals surface area contributed by atoms with Gasteiger partial charge in [-0.2, -0.15) is 0 Å². The summed E-state index contributed by atoms with van der Waals surface area (Å²) in [7, 11) is 0. The largest absolute Gasteiger partial charge is 0.442 e. The molecule has 0 aromatic heterocycles. The predicted molar refractivity (Wildman–Crippen MR) is 80.2 cm³/mol. The van der Waals surface area contributed by atoms with Crippen LogP contribution in [0.3, 0.4) is 0 Å². The van der Waals surface area contributed by atoms with Crippen LogP contribution in [0.25, 0.3) is 0 Å². The summed E-state index contributed by atoms with van der Waals surface area (Å²) < 4.78 is 4.93. The average Bonchev–Trinajstić information content (AvgIpc) is 2.36. The summed E-state index contributed by atoms with van der Waals surface area (Å²) in [6.45, 7) is 5.55. The lowest BCUT2D eigenvalue weighted by Crippen LogP contribution is -2.51. The van der Waals surface area contributed by atoms with E-state index in [9.17, 15) is 20.0 Å². The molecule has 0 bridgehead atoms. The zero-order valence-corrected chi connectivity index (χ0v) is 12.8. The quantitative estimate of drug-likeness (QED) is 0.413. The number of aliphatic hydroxyl groups excluding tert-OH is 1. The molecule has 0 aliphatic heterocycles. The lowest BCUT2D eigenvalue weighted by atomic mass is 10.0. The fourth-order valence-electron chi connectivity index (χ4n) is 1.89. The van der Waals surface area contributed by atoms with Crippen molar-refractivity contribution in [2.75, 3.05) is 0 Å². The van der Waals surface area contributed by atoms with Crippen LogP contribution in [0.4, 0.5) is 10.5 Å². The van der Waals surface area contributed by atoms with E-state index < -0.39 is 28.9 Å². The number of ether oxygens (including phenoxy) is 1. The van der Waals surface area contributed by atoms with Crippen LogP contribution >= 0.6 is 0 Å². The Bertz CT molecular complexity index is 524. The number of nitro benzene ring substituents is 1. The minimum Gasteiger partial charge on any atom is -0.442 e. The Hall–Kier alpha value is -2.19. The van der Waals surface area contributed by atoms with Gasteiger partial charge in [0.2, 0.25) is 0 Å². The van der Waals surface area contributed by atoms with E-state index in [1.165, 1.54) is 12.1 Å². The number of carbonyl (C=O) groups excluding carboxylic acids is 1. The van der Waals surface area contributed by atoms with Crippen LogP contribution in [-0.2, 0) is 11.2 Å². The molecule has 0 heterocycles. The molecule has 1 amide bonds. The Morgan fingerprint density at radius 3 is 2.36 bits per heavy atom. The smallest absolute Gasteiger partial charge is 0.404 e. The van der Waals surface area contributed by atoms with Gasteiger partial charge in [0.05, 0.1) is 4.92 Å². The van der Waals surface area contributed by atoms with Crippen molar-refractivity contribution in [3.05, 3.63) is 39.9 Å². The van der Waals surface area contributed by atoms with Gasteiger partial charge in [-0.3, -0.25) is 15.4 Å². The van der Waals surface area contributed by atoms with Crippen LogP contribution < -0.4 is 11.1 Å². The second-order valence-electron chi connectivity index (χ2n) is 5.94. The molecule has 22 heavy (non-hydrogen) atoms. The molecule has 0 saturated carbocycles. The van der Waals surface area contributed by atoms with E-state index in [0.717, 1.165) is 0 Å². The molecule has 0 aliphatic carbocycles. The highest BCUT2D eigenvalue weighted by molar-refractivity contribution is 5.64. The van der Waals surface area contributed by atoms with Crippen LogP contribution in [0.2, 0.25) is 0 Å².